The van der Waals surface area contributed by atoms with Crippen molar-refractivity contribution >= 4 is 0 Å². The SMILES string of the molecule is CC#CCCOCCCCCCCn1ccnn1. The van der Waals surface area contributed by atoms with Gasteiger partial charge >= 0.3 is 0 Å². The fraction of sp³-hybridized carbons (Fsp3) is 0.714. The maximum atomic E-state index is 5.48. The van der Waals surface area contributed by atoms with Gasteiger partial charge in [0.2, 0.25) is 0 Å². The van der Waals surface area contributed by atoms with Crippen LogP contribution in [0.5, 0.6) is 0 Å². The van der Waals surface area contributed by atoms with Crippen LogP contribution in [-0.2, 0) is 11.3 Å². The van der Waals surface area contributed by atoms with E-state index in [2.05, 4.69) is 22.2 Å². The lowest BCUT2D eigenvalue weighted by molar-refractivity contribution is 0.135. The van der Waals surface area contributed by atoms with Crippen molar-refractivity contribution in [2.45, 2.75) is 52.0 Å². The van der Waals surface area contributed by atoms with Gasteiger partial charge in [-0.2, -0.15) is 0 Å². The molecule has 0 N–H and O–H groups in total. The van der Waals surface area contributed by atoms with Crippen molar-refractivity contribution in [3.63, 3.8) is 0 Å². The van der Waals surface area contributed by atoms with Crippen LogP contribution in [0.3, 0.4) is 0 Å². The summed E-state index contributed by atoms with van der Waals surface area (Å²) < 4.78 is 7.36. The van der Waals surface area contributed by atoms with E-state index < -0.39 is 0 Å². The van der Waals surface area contributed by atoms with Gasteiger partial charge in [0.25, 0.3) is 0 Å². The molecule has 1 aromatic rings. The Morgan fingerprint density at radius 2 is 1.94 bits per heavy atom. The number of hydrogen-bond acceptors (Lipinski definition) is 3. The second kappa shape index (κ2) is 10.8. The second-order valence-corrected chi connectivity index (χ2v) is 4.22. The first-order valence-corrected chi connectivity index (χ1v) is 6.75. The topological polar surface area (TPSA) is 39.9 Å². The Labute approximate surface area is 110 Å². The van der Waals surface area contributed by atoms with Crippen LogP contribution in [0, 0.1) is 11.8 Å². The smallest absolute Gasteiger partial charge is 0.0692 e. The summed E-state index contributed by atoms with van der Waals surface area (Å²) >= 11 is 0. The van der Waals surface area contributed by atoms with Crippen molar-refractivity contribution in [3.8, 4) is 11.8 Å². The Balaban J connectivity index is 1.77. The molecule has 1 heterocycles. The highest BCUT2D eigenvalue weighted by atomic mass is 16.5. The largest absolute Gasteiger partial charge is 0.380 e. The van der Waals surface area contributed by atoms with Gasteiger partial charge in [0, 0.05) is 25.8 Å². The van der Waals surface area contributed by atoms with Crippen LogP contribution in [-0.4, -0.2) is 28.2 Å². The molecule has 0 aliphatic heterocycles. The zero-order valence-corrected chi connectivity index (χ0v) is 11.3. The molecule has 100 valence electrons. The highest BCUT2D eigenvalue weighted by Crippen LogP contribution is 2.04. The van der Waals surface area contributed by atoms with Crippen LogP contribution in [0.1, 0.15) is 45.4 Å². The number of aromatic nitrogens is 3. The highest BCUT2D eigenvalue weighted by molar-refractivity contribution is 4.94. The van der Waals surface area contributed by atoms with E-state index in [0.29, 0.717) is 0 Å². The van der Waals surface area contributed by atoms with E-state index in [1.807, 2.05) is 17.8 Å². The predicted molar refractivity (Wildman–Crippen MR) is 72.0 cm³/mol. The molecule has 18 heavy (non-hydrogen) atoms. The van der Waals surface area contributed by atoms with E-state index in [1.165, 1.54) is 25.7 Å². The van der Waals surface area contributed by atoms with Crippen molar-refractivity contribution < 1.29 is 4.74 Å². The molecule has 0 amide bonds. The zero-order chi connectivity index (χ0) is 12.9. The van der Waals surface area contributed by atoms with Gasteiger partial charge in [0.15, 0.2) is 0 Å². The average molecular weight is 249 g/mol. The van der Waals surface area contributed by atoms with Gasteiger partial charge in [-0.1, -0.05) is 24.5 Å². The lowest BCUT2D eigenvalue weighted by Gasteiger charge is -2.03. The first-order valence-electron chi connectivity index (χ1n) is 6.75. The Hall–Kier alpha value is -1.34. The summed E-state index contributed by atoms with van der Waals surface area (Å²) in [4.78, 5) is 0. The van der Waals surface area contributed by atoms with E-state index in [1.54, 1.807) is 6.20 Å². The fourth-order valence-electron chi connectivity index (χ4n) is 1.71. The van der Waals surface area contributed by atoms with Crippen molar-refractivity contribution in [1.82, 2.24) is 15.0 Å². The van der Waals surface area contributed by atoms with Crippen molar-refractivity contribution in [2.75, 3.05) is 13.2 Å². The van der Waals surface area contributed by atoms with Crippen molar-refractivity contribution in [3.05, 3.63) is 12.4 Å². The molecule has 0 aliphatic rings. The van der Waals surface area contributed by atoms with Crippen molar-refractivity contribution in [1.29, 1.82) is 0 Å². The second-order valence-electron chi connectivity index (χ2n) is 4.22. The van der Waals surface area contributed by atoms with Gasteiger partial charge < -0.3 is 4.74 Å². The predicted octanol–water partition coefficient (Wildman–Crippen LogP) is 2.66. The molecule has 0 unspecified atom stereocenters. The Morgan fingerprint density at radius 1 is 1.11 bits per heavy atom. The molecular formula is C14H23N3O. The maximum Gasteiger partial charge on any atom is 0.0692 e. The molecule has 0 spiro atoms. The van der Waals surface area contributed by atoms with E-state index in [0.717, 1.165) is 32.6 Å². The van der Waals surface area contributed by atoms with Crippen molar-refractivity contribution in [2.24, 2.45) is 0 Å². The van der Waals surface area contributed by atoms with Gasteiger partial charge in [-0.3, -0.25) is 4.68 Å². The van der Waals surface area contributed by atoms with E-state index in [4.69, 9.17) is 4.74 Å². The Bertz CT molecular complexity index is 338. The zero-order valence-electron chi connectivity index (χ0n) is 11.3. The molecule has 0 atom stereocenters. The molecular weight excluding hydrogens is 226 g/mol. The first-order chi connectivity index (χ1) is 8.93. The first kappa shape index (κ1) is 14.7. The molecule has 4 nitrogen and oxygen atoms in total. The molecule has 0 saturated heterocycles. The Morgan fingerprint density at radius 3 is 2.72 bits per heavy atom. The minimum atomic E-state index is 0.771. The monoisotopic (exact) mass is 249 g/mol. The minimum Gasteiger partial charge on any atom is -0.380 e. The molecule has 0 fully saturated rings. The molecule has 0 radical (unpaired) electrons. The summed E-state index contributed by atoms with van der Waals surface area (Å²) in [6.45, 7) is 4.48. The molecule has 0 saturated carbocycles. The molecule has 1 aromatic heterocycles. The van der Waals surface area contributed by atoms with E-state index in [9.17, 15) is 0 Å². The normalized spacial score (nSPS) is 10.1. The number of ether oxygens (including phenoxy) is 1. The number of unbranched alkanes of at least 4 members (excludes halogenated alkanes) is 4. The van der Waals surface area contributed by atoms with E-state index in [-0.39, 0.29) is 0 Å². The summed E-state index contributed by atoms with van der Waals surface area (Å²) in [5.74, 6) is 5.85. The van der Waals surface area contributed by atoms with Crippen LogP contribution >= 0.6 is 0 Å². The Kier molecular flexibility index (Phi) is 8.82. The van der Waals surface area contributed by atoms with Crippen LogP contribution in [0.15, 0.2) is 12.4 Å². The number of nitrogens with zero attached hydrogens (tertiary/aromatic N) is 3. The van der Waals surface area contributed by atoms with Crippen LogP contribution < -0.4 is 0 Å². The molecule has 1 rings (SSSR count). The lowest BCUT2D eigenvalue weighted by atomic mass is 10.1. The summed E-state index contributed by atoms with van der Waals surface area (Å²) in [5.41, 5.74) is 0. The molecule has 0 aliphatic carbocycles. The van der Waals surface area contributed by atoms with Crippen LogP contribution in [0.25, 0.3) is 0 Å². The minimum absolute atomic E-state index is 0.771. The summed E-state index contributed by atoms with van der Waals surface area (Å²) in [7, 11) is 0. The highest BCUT2D eigenvalue weighted by Gasteiger charge is 1.93. The van der Waals surface area contributed by atoms with Crippen LogP contribution in [0.2, 0.25) is 0 Å². The molecule has 0 bridgehead atoms. The maximum absolute atomic E-state index is 5.48. The van der Waals surface area contributed by atoms with Crippen LogP contribution in [0.4, 0.5) is 0 Å². The number of rotatable bonds is 10. The number of aryl methyl sites for hydroxylation is 1. The quantitative estimate of drug-likeness (QED) is 0.473. The van der Waals surface area contributed by atoms with Gasteiger partial charge in [0.1, 0.15) is 0 Å². The summed E-state index contributed by atoms with van der Waals surface area (Å²) in [6, 6.07) is 0. The summed E-state index contributed by atoms with van der Waals surface area (Å²) in [6.07, 6.45) is 10.6. The standard InChI is InChI=1S/C14H23N3O/c1-2-3-8-13-18-14-9-6-4-5-7-11-17-12-10-15-16-17/h10,12H,4-9,11,13-14H2,1H3. The van der Waals surface area contributed by atoms with Gasteiger partial charge in [-0.25, -0.2) is 0 Å². The van der Waals surface area contributed by atoms with Gasteiger partial charge in [-0.15, -0.1) is 16.9 Å². The third kappa shape index (κ3) is 7.86. The summed E-state index contributed by atoms with van der Waals surface area (Å²) in [5, 5.41) is 7.71. The van der Waals surface area contributed by atoms with Gasteiger partial charge in [0.05, 0.1) is 12.8 Å². The number of hydrogen-bond donors (Lipinski definition) is 0. The third-order valence-corrected chi connectivity index (χ3v) is 2.70. The van der Waals surface area contributed by atoms with E-state index >= 15 is 0 Å². The van der Waals surface area contributed by atoms with Gasteiger partial charge in [-0.05, 0) is 19.8 Å². The lowest BCUT2D eigenvalue weighted by Crippen LogP contribution is -1.99. The molecule has 4 heteroatoms. The fourth-order valence-corrected chi connectivity index (χ4v) is 1.71. The third-order valence-electron chi connectivity index (χ3n) is 2.70. The average Bonchev–Trinajstić information content (AvgIpc) is 2.89. The molecule has 0 aromatic carbocycles.